The first-order valence-electron chi connectivity index (χ1n) is 8.04. The molecule has 1 heterocycles. The number of rotatable bonds is 7. The molecule has 0 atom stereocenters. The summed E-state index contributed by atoms with van der Waals surface area (Å²) in [6.45, 7) is 16.4. The van der Waals surface area contributed by atoms with Crippen molar-refractivity contribution >= 4 is 23.9 Å². The molecule has 0 unspecified atom stereocenters. The molecule has 7 radical (unpaired) electrons. The smallest absolute Gasteiger partial charge is 0.240 e. The van der Waals surface area contributed by atoms with Gasteiger partial charge in [0.05, 0.1) is 13.6 Å². The van der Waals surface area contributed by atoms with Crippen molar-refractivity contribution in [3.8, 4) is 0 Å². The Morgan fingerprint density at radius 2 is 1.48 bits per heavy atom. The Labute approximate surface area is 152 Å². The van der Waals surface area contributed by atoms with Crippen molar-refractivity contribution in [2.24, 2.45) is 7.05 Å². The maximum atomic E-state index is 3.82. The van der Waals surface area contributed by atoms with Crippen LogP contribution in [0.4, 0.5) is 0 Å². The molecule has 21 heavy (non-hydrogen) atoms. The van der Waals surface area contributed by atoms with Crippen LogP contribution >= 0.6 is 0 Å². The number of hydrogen-bond acceptors (Lipinski definition) is 0. The summed E-state index contributed by atoms with van der Waals surface area (Å²) in [6, 6.07) is 0. The summed E-state index contributed by atoms with van der Waals surface area (Å²) in [4.78, 5) is 0. The van der Waals surface area contributed by atoms with Crippen LogP contribution in [0.2, 0.25) is 0 Å². The molecular formula is C18H38N2Sn+. The molecule has 2 nitrogen and oxygen atoms in total. The molecule has 0 aliphatic heterocycles. The van der Waals surface area contributed by atoms with Gasteiger partial charge < -0.3 is 0 Å². The predicted octanol–water partition coefficient (Wildman–Crippen LogP) is 4.81. The number of imidazole rings is 1. The molecule has 0 fully saturated rings. The average Bonchev–Trinajstić information content (AvgIpc) is 2.90. The standard InChI is InChI=1S/C10H18N2.2C4H9.Sn.H2/c1-3-4-5-6-7-12-9-8-11(2)10-12;2*1-3-4-2;;/h8-10H,1,3-7H2,2H3;2*1,3-4H2,2H3;;1H/q+1;;;;. The second kappa shape index (κ2) is 22.3. The maximum absolute atomic E-state index is 3.82. The van der Waals surface area contributed by atoms with Gasteiger partial charge in [-0.3, -0.25) is 0 Å². The van der Waals surface area contributed by atoms with Crippen LogP contribution in [-0.2, 0) is 13.6 Å². The zero-order valence-electron chi connectivity index (χ0n) is 14.6. The molecule has 0 bridgehead atoms. The van der Waals surface area contributed by atoms with Crippen LogP contribution in [0, 0.1) is 20.8 Å². The molecule has 123 valence electrons. The largest absolute Gasteiger partial charge is 0.243 e. The molecular weight excluding hydrogens is 363 g/mol. The summed E-state index contributed by atoms with van der Waals surface area (Å²) in [6.07, 6.45) is 15.7. The van der Waals surface area contributed by atoms with Crippen LogP contribution in [0.1, 0.15) is 66.6 Å². The molecule has 0 saturated heterocycles. The Morgan fingerprint density at radius 1 is 0.952 bits per heavy atom. The summed E-state index contributed by atoms with van der Waals surface area (Å²) >= 11 is 0. The van der Waals surface area contributed by atoms with Crippen molar-refractivity contribution in [1.29, 1.82) is 0 Å². The summed E-state index contributed by atoms with van der Waals surface area (Å²) in [7, 11) is 2.05. The fourth-order valence-corrected chi connectivity index (χ4v) is 1.28. The molecule has 1 aromatic rings. The zero-order valence-corrected chi connectivity index (χ0v) is 17.5. The molecule has 0 aromatic carbocycles. The van der Waals surface area contributed by atoms with Gasteiger partial charge in [-0.05, 0) is 12.8 Å². The van der Waals surface area contributed by atoms with E-state index in [0.717, 1.165) is 25.8 Å². The summed E-state index contributed by atoms with van der Waals surface area (Å²) in [5.41, 5.74) is 0. The Kier molecular flexibility index (Phi) is 27.5. The van der Waals surface area contributed by atoms with Gasteiger partial charge in [0.15, 0.2) is 0 Å². The van der Waals surface area contributed by atoms with Crippen molar-refractivity contribution in [1.82, 2.24) is 4.57 Å². The predicted molar refractivity (Wildman–Crippen MR) is 97.8 cm³/mol. The van der Waals surface area contributed by atoms with E-state index >= 15 is 0 Å². The van der Waals surface area contributed by atoms with Gasteiger partial charge in [0.25, 0.3) is 0 Å². The van der Waals surface area contributed by atoms with E-state index in [2.05, 4.69) is 62.5 Å². The quantitative estimate of drug-likeness (QED) is 0.352. The van der Waals surface area contributed by atoms with Crippen molar-refractivity contribution < 1.29 is 5.99 Å². The third-order valence-corrected chi connectivity index (χ3v) is 2.70. The van der Waals surface area contributed by atoms with Gasteiger partial charge >= 0.3 is 0 Å². The van der Waals surface area contributed by atoms with Crippen LogP contribution in [0.3, 0.4) is 0 Å². The SMILES string of the molecule is [CH2]CCC.[CH2]CCC.[CH2]CCCCCn1cc[n+](C)c1.[HH].[Sn]. The second-order valence-corrected chi connectivity index (χ2v) is 4.94. The number of aromatic nitrogens is 2. The number of nitrogens with zero attached hydrogens (tertiary/aromatic N) is 2. The van der Waals surface area contributed by atoms with Gasteiger partial charge in [0.1, 0.15) is 12.4 Å². The van der Waals surface area contributed by atoms with Crippen LogP contribution in [0.15, 0.2) is 18.7 Å². The van der Waals surface area contributed by atoms with Crippen molar-refractivity contribution in [3.63, 3.8) is 0 Å². The van der Waals surface area contributed by atoms with Gasteiger partial charge in [-0.25, -0.2) is 9.13 Å². The maximum Gasteiger partial charge on any atom is 0.243 e. The fraction of sp³-hybridized carbons (Fsp3) is 0.667. The van der Waals surface area contributed by atoms with Crippen LogP contribution < -0.4 is 4.57 Å². The van der Waals surface area contributed by atoms with E-state index in [1.165, 1.54) is 32.1 Å². The fourth-order valence-electron chi connectivity index (χ4n) is 1.28. The Hall–Kier alpha value is 0.00870. The molecule has 0 saturated carbocycles. The minimum absolute atomic E-state index is 0. The Morgan fingerprint density at radius 3 is 1.81 bits per heavy atom. The van der Waals surface area contributed by atoms with E-state index in [0.29, 0.717) is 0 Å². The van der Waals surface area contributed by atoms with Crippen molar-refractivity contribution in [3.05, 3.63) is 39.5 Å². The number of unbranched alkanes of at least 4 members (excludes halogenated alkanes) is 5. The van der Waals surface area contributed by atoms with E-state index in [4.69, 9.17) is 0 Å². The van der Waals surface area contributed by atoms with Gasteiger partial charge in [0, 0.05) is 25.3 Å². The Bertz CT molecular complexity index is 270. The minimum atomic E-state index is 0. The molecule has 0 aliphatic carbocycles. The van der Waals surface area contributed by atoms with E-state index in [1.807, 2.05) is 7.05 Å². The minimum Gasteiger partial charge on any atom is -0.240 e. The van der Waals surface area contributed by atoms with E-state index in [1.54, 1.807) is 0 Å². The Balaban J connectivity index is -0.000000138. The average molecular weight is 401 g/mol. The first kappa shape index (κ1) is 25.9. The monoisotopic (exact) mass is 402 g/mol. The van der Waals surface area contributed by atoms with Gasteiger partial charge in [0.2, 0.25) is 6.33 Å². The summed E-state index contributed by atoms with van der Waals surface area (Å²) < 4.78 is 4.30. The molecule has 1 rings (SSSR count). The van der Waals surface area contributed by atoms with Crippen LogP contribution in [-0.4, -0.2) is 28.5 Å². The molecule has 1 aromatic heterocycles. The molecule has 0 N–H and O–H groups in total. The first-order valence-corrected chi connectivity index (χ1v) is 8.04. The van der Waals surface area contributed by atoms with Gasteiger partial charge in [-0.2, -0.15) is 0 Å². The van der Waals surface area contributed by atoms with Crippen LogP contribution in [0.25, 0.3) is 0 Å². The van der Waals surface area contributed by atoms with Crippen molar-refractivity contribution in [2.75, 3.05) is 0 Å². The van der Waals surface area contributed by atoms with E-state index in [-0.39, 0.29) is 25.3 Å². The third-order valence-electron chi connectivity index (χ3n) is 2.70. The third kappa shape index (κ3) is 22.4. The molecule has 0 spiro atoms. The summed E-state index contributed by atoms with van der Waals surface area (Å²) in [5, 5.41) is 0. The summed E-state index contributed by atoms with van der Waals surface area (Å²) in [5.74, 6) is 0. The van der Waals surface area contributed by atoms with Crippen molar-refractivity contribution in [2.45, 2.75) is 71.8 Å². The molecule has 0 amide bonds. The molecule has 0 aliphatic rings. The van der Waals surface area contributed by atoms with E-state index in [9.17, 15) is 0 Å². The van der Waals surface area contributed by atoms with Gasteiger partial charge in [-0.1, -0.05) is 73.1 Å². The van der Waals surface area contributed by atoms with Crippen LogP contribution in [0.5, 0.6) is 0 Å². The second-order valence-electron chi connectivity index (χ2n) is 4.94. The topological polar surface area (TPSA) is 8.81 Å². The number of aryl methyl sites for hydroxylation is 2. The van der Waals surface area contributed by atoms with E-state index < -0.39 is 0 Å². The normalized spacial score (nSPS) is 8.86. The van der Waals surface area contributed by atoms with Gasteiger partial charge in [-0.15, -0.1) is 0 Å². The number of hydrogen-bond donors (Lipinski definition) is 0. The first-order chi connectivity index (χ1) is 9.65. The zero-order chi connectivity index (χ0) is 15.6. The molecule has 3 heteroatoms.